The average Bonchev–Trinajstić information content (AvgIpc) is 2.79. The van der Waals surface area contributed by atoms with Gasteiger partial charge in [0.2, 0.25) is 0 Å². The van der Waals surface area contributed by atoms with E-state index in [1.165, 1.54) is 0 Å². The quantitative estimate of drug-likeness (QED) is 0.650. The molecule has 0 radical (unpaired) electrons. The van der Waals surface area contributed by atoms with Crippen LogP contribution in [-0.2, 0) is 4.79 Å². The van der Waals surface area contributed by atoms with Crippen molar-refractivity contribution in [3.05, 3.63) is 33.8 Å². The lowest BCUT2D eigenvalue weighted by molar-refractivity contribution is -0.119. The summed E-state index contributed by atoms with van der Waals surface area (Å²) in [6.07, 6.45) is 0. The lowest BCUT2D eigenvalue weighted by Gasteiger charge is -2.04. The highest BCUT2D eigenvalue weighted by Crippen LogP contribution is 2.65. The van der Waals surface area contributed by atoms with E-state index in [0.29, 0.717) is 10.0 Å². The molecule has 0 bridgehead atoms. The van der Waals surface area contributed by atoms with Gasteiger partial charge in [0.15, 0.2) is 5.96 Å². The van der Waals surface area contributed by atoms with Crippen LogP contribution in [0.2, 0.25) is 10.0 Å². The molecule has 1 aliphatic carbocycles. The molecule has 19 heavy (non-hydrogen) atoms. The van der Waals surface area contributed by atoms with Gasteiger partial charge in [-0.2, -0.15) is 4.99 Å². The minimum Gasteiger partial charge on any atom is -0.370 e. The molecule has 2 atom stereocenters. The van der Waals surface area contributed by atoms with Crippen LogP contribution < -0.4 is 11.5 Å². The molecular weight excluding hydrogens is 285 g/mol. The number of carbonyl (C=O) groups excluding carboxylic acids is 1. The Kier molecular flexibility index (Phi) is 3.49. The Hall–Kier alpha value is -1.26. The number of nitrogens with zero attached hydrogens (tertiary/aromatic N) is 1. The number of guanidine groups is 1. The fourth-order valence-electron chi connectivity index (χ4n) is 2.67. The number of hydrogen-bond acceptors (Lipinski definition) is 1. The molecule has 4 nitrogen and oxygen atoms in total. The highest BCUT2D eigenvalue weighted by atomic mass is 35.5. The molecule has 1 aromatic rings. The van der Waals surface area contributed by atoms with E-state index in [2.05, 4.69) is 4.99 Å². The van der Waals surface area contributed by atoms with Crippen molar-refractivity contribution in [2.45, 2.75) is 19.8 Å². The Bertz CT molecular complexity index is 545. The van der Waals surface area contributed by atoms with Gasteiger partial charge in [0.1, 0.15) is 0 Å². The van der Waals surface area contributed by atoms with E-state index in [0.717, 1.165) is 5.56 Å². The van der Waals surface area contributed by atoms with E-state index >= 15 is 0 Å². The van der Waals surface area contributed by atoms with E-state index < -0.39 is 0 Å². The van der Waals surface area contributed by atoms with Crippen molar-refractivity contribution >= 4 is 35.1 Å². The van der Waals surface area contributed by atoms with Crippen molar-refractivity contribution < 1.29 is 4.79 Å². The topological polar surface area (TPSA) is 81.5 Å². The smallest absolute Gasteiger partial charge is 0.253 e. The first kappa shape index (κ1) is 14.2. The van der Waals surface area contributed by atoms with Gasteiger partial charge in [0, 0.05) is 16.0 Å². The highest BCUT2D eigenvalue weighted by molar-refractivity contribution is 6.34. The molecule has 0 spiro atoms. The first-order valence-corrected chi connectivity index (χ1v) is 6.58. The van der Waals surface area contributed by atoms with Crippen LogP contribution in [0.5, 0.6) is 0 Å². The predicted molar refractivity (Wildman–Crippen MR) is 77.3 cm³/mol. The summed E-state index contributed by atoms with van der Waals surface area (Å²) in [7, 11) is 0. The molecule has 1 aromatic carbocycles. The molecule has 1 saturated carbocycles. The number of aliphatic imine (C=N–C) groups is 1. The normalized spacial score (nSPS) is 23.8. The van der Waals surface area contributed by atoms with Crippen LogP contribution in [0.1, 0.15) is 25.3 Å². The first-order chi connectivity index (χ1) is 8.73. The third kappa shape index (κ3) is 2.69. The van der Waals surface area contributed by atoms with Crippen molar-refractivity contribution in [2.75, 3.05) is 0 Å². The zero-order valence-corrected chi connectivity index (χ0v) is 12.2. The zero-order valence-electron chi connectivity index (χ0n) is 10.7. The van der Waals surface area contributed by atoms with Crippen molar-refractivity contribution in [1.82, 2.24) is 0 Å². The molecule has 1 amide bonds. The largest absolute Gasteiger partial charge is 0.370 e. The summed E-state index contributed by atoms with van der Waals surface area (Å²) in [5, 5.41) is 1.11. The summed E-state index contributed by atoms with van der Waals surface area (Å²) in [6.45, 7) is 3.99. The summed E-state index contributed by atoms with van der Waals surface area (Å²) in [5.41, 5.74) is 11.2. The number of amides is 1. The molecular formula is C13H15Cl2N3O. The Morgan fingerprint density at radius 3 is 2.21 bits per heavy atom. The van der Waals surface area contributed by atoms with Gasteiger partial charge in [-0.3, -0.25) is 4.79 Å². The Morgan fingerprint density at radius 2 is 1.74 bits per heavy atom. The summed E-state index contributed by atoms with van der Waals surface area (Å²) in [6, 6.07) is 5.31. The highest BCUT2D eigenvalue weighted by Gasteiger charge is 2.62. The van der Waals surface area contributed by atoms with Crippen molar-refractivity contribution in [1.29, 1.82) is 0 Å². The molecule has 0 aliphatic heterocycles. The van der Waals surface area contributed by atoms with Crippen LogP contribution in [0.3, 0.4) is 0 Å². The number of nitrogens with two attached hydrogens (primary N) is 2. The van der Waals surface area contributed by atoms with Gasteiger partial charge in [0.25, 0.3) is 5.91 Å². The summed E-state index contributed by atoms with van der Waals surface area (Å²) < 4.78 is 0. The minimum atomic E-state index is -0.300. The third-order valence-electron chi connectivity index (χ3n) is 3.58. The maximum atomic E-state index is 12.0. The van der Waals surface area contributed by atoms with Gasteiger partial charge < -0.3 is 11.5 Å². The first-order valence-electron chi connectivity index (χ1n) is 5.83. The van der Waals surface area contributed by atoms with Gasteiger partial charge >= 0.3 is 0 Å². The van der Waals surface area contributed by atoms with Crippen LogP contribution in [0.15, 0.2) is 23.2 Å². The molecule has 0 unspecified atom stereocenters. The molecule has 1 fully saturated rings. The van der Waals surface area contributed by atoms with E-state index in [4.69, 9.17) is 34.7 Å². The Morgan fingerprint density at radius 1 is 1.21 bits per heavy atom. The maximum absolute atomic E-state index is 12.0. The van der Waals surface area contributed by atoms with E-state index in [9.17, 15) is 4.79 Å². The predicted octanol–water partition coefficient (Wildman–Crippen LogP) is 2.53. The van der Waals surface area contributed by atoms with Crippen LogP contribution in [0.25, 0.3) is 0 Å². The lowest BCUT2D eigenvalue weighted by Crippen LogP contribution is -2.25. The number of rotatable bonds is 2. The zero-order chi connectivity index (χ0) is 14.4. The van der Waals surface area contributed by atoms with Gasteiger partial charge in [-0.25, -0.2) is 0 Å². The van der Waals surface area contributed by atoms with Crippen LogP contribution in [0.4, 0.5) is 0 Å². The number of hydrogen-bond donors (Lipinski definition) is 2. The Balaban J connectivity index is 2.31. The van der Waals surface area contributed by atoms with Gasteiger partial charge in [0.05, 0.1) is 5.92 Å². The molecule has 4 N–H and O–H groups in total. The molecule has 0 aromatic heterocycles. The Labute approximate surface area is 121 Å². The second kappa shape index (κ2) is 4.69. The fourth-order valence-corrected chi connectivity index (χ4v) is 3.22. The minimum absolute atomic E-state index is 0.0271. The molecule has 6 heteroatoms. The van der Waals surface area contributed by atoms with E-state index in [1.54, 1.807) is 6.07 Å². The summed E-state index contributed by atoms with van der Waals surface area (Å²) in [4.78, 5) is 15.6. The van der Waals surface area contributed by atoms with Gasteiger partial charge in [-0.05, 0) is 29.2 Å². The number of halogens is 2. The number of carbonyl (C=O) groups is 1. The van der Waals surface area contributed by atoms with Gasteiger partial charge in [-0.15, -0.1) is 0 Å². The second-order valence-electron chi connectivity index (χ2n) is 5.35. The van der Waals surface area contributed by atoms with Crippen molar-refractivity contribution in [3.8, 4) is 0 Å². The molecule has 0 saturated heterocycles. The standard InChI is InChI=1S/C13H15Cl2N3O/c1-13(2)9(10(13)11(19)18-12(16)17)6-3-7(14)5-8(15)4-6/h3-5,9-10H,1-2H3,(H4,16,17,18,19)/t9-,10+/m0/s1. The van der Waals surface area contributed by atoms with Crippen LogP contribution in [0, 0.1) is 11.3 Å². The number of benzene rings is 1. The van der Waals surface area contributed by atoms with Crippen LogP contribution in [-0.4, -0.2) is 11.9 Å². The molecule has 2 rings (SSSR count). The SMILES string of the molecule is CC1(C)[C@@H](C(=O)N=C(N)N)[C@@H]1c1cc(Cl)cc(Cl)c1. The molecule has 102 valence electrons. The summed E-state index contributed by atoms with van der Waals surface area (Å²) in [5.74, 6) is -0.731. The molecule has 0 heterocycles. The van der Waals surface area contributed by atoms with Gasteiger partial charge in [-0.1, -0.05) is 37.0 Å². The van der Waals surface area contributed by atoms with Crippen LogP contribution >= 0.6 is 23.2 Å². The average molecular weight is 300 g/mol. The van der Waals surface area contributed by atoms with Crippen molar-refractivity contribution in [2.24, 2.45) is 27.8 Å². The van der Waals surface area contributed by atoms with E-state index in [-0.39, 0.29) is 29.1 Å². The lowest BCUT2D eigenvalue weighted by atomic mass is 10.0. The fraction of sp³-hybridized carbons (Fsp3) is 0.385. The third-order valence-corrected chi connectivity index (χ3v) is 4.01. The van der Waals surface area contributed by atoms with E-state index in [1.807, 2.05) is 26.0 Å². The molecule has 1 aliphatic rings. The summed E-state index contributed by atoms with van der Waals surface area (Å²) >= 11 is 12.0. The second-order valence-corrected chi connectivity index (χ2v) is 6.23. The van der Waals surface area contributed by atoms with Crippen molar-refractivity contribution in [3.63, 3.8) is 0 Å². The monoisotopic (exact) mass is 299 g/mol. The maximum Gasteiger partial charge on any atom is 0.253 e.